The molecule has 1 saturated carbocycles. The first kappa shape index (κ1) is 16.0. The predicted octanol–water partition coefficient (Wildman–Crippen LogP) is 3.29. The SMILES string of the molecule is O=C(Cc1cccc(Br)c1)NC1(C(=O)O)CCCCCC1. The third-order valence-electron chi connectivity index (χ3n) is 4.00. The lowest BCUT2D eigenvalue weighted by Crippen LogP contribution is -2.54. The molecule has 0 aliphatic heterocycles. The van der Waals surface area contributed by atoms with Crippen LogP contribution in [-0.2, 0) is 16.0 Å². The van der Waals surface area contributed by atoms with E-state index in [0.717, 1.165) is 35.7 Å². The molecule has 1 amide bonds. The smallest absolute Gasteiger partial charge is 0.329 e. The number of carboxylic acid groups (broad SMARTS) is 1. The Morgan fingerprint density at radius 3 is 2.43 bits per heavy atom. The van der Waals surface area contributed by atoms with Gasteiger partial charge in [-0.3, -0.25) is 4.79 Å². The van der Waals surface area contributed by atoms with E-state index in [1.54, 1.807) is 0 Å². The molecule has 2 rings (SSSR count). The van der Waals surface area contributed by atoms with Crippen LogP contribution in [-0.4, -0.2) is 22.5 Å². The molecule has 0 saturated heterocycles. The Morgan fingerprint density at radius 1 is 1.19 bits per heavy atom. The first-order valence-electron chi connectivity index (χ1n) is 7.31. The van der Waals surface area contributed by atoms with E-state index in [0.29, 0.717) is 12.8 Å². The van der Waals surface area contributed by atoms with E-state index in [1.807, 2.05) is 24.3 Å². The molecular weight excluding hydrogens is 334 g/mol. The van der Waals surface area contributed by atoms with Crippen molar-refractivity contribution in [3.05, 3.63) is 34.3 Å². The molecule has 2 N–H and O–H groups in total. The number of rotatable bonds is 4. The molecule has 0 heterocycles. The average molecular weight is 354 g/mol. The summed E-state index contributed by atoms with van der Waals surface area (Å²) in [6.07, 6.45) is 5.02. The Balaban J connectivity index is 2.06. The molecule has 0 atom stereocenters. The highest BCUT2D eigenvalue weighted by molar-refractivity contribution is 9.10. The number of halogens is 1. The standard InChI is InChI=1S/C16H20BrNO3/c17-13-7-5-6-12(10-13)11-14(19)18-16(15(20)21)8-3-1-2-4-9-16/h5-7,10H,1-4,8-9,11H2,(H,18,19)(H,20,21). The van der Waals surface area contributed by atoms with Crippen LogP contribution in [0.15, 0.2) is 28.7 Å². The molecule has 0 radical (unpaired) electrons. The van der Waals surface area contributed by atoms with Gasteiger partial charge in [-0.15, -0.1) is 0 Å². The number of hydrogen-bond donors (Lipinski definition) is 2. The van der Waals surface area contributed by atoms with Crippen LogP contribution in [0.3, 0.4) is 0 Å². The summed E-state index contributed by atoms with van der Waals surface area (Å²) in [6.45, 7) is 0. The topological polar surface area (TPSA) is 66.4 Å². The van der Waals surface area contributed by atoms with Crippen LogP contribution in [0.25, 0.3) is 0 Å². The van der Waals surface area contributed by atoms with Crippen molar-refractivity contribution in [3.8, 4) is 0 Å². The highest BCUT2D eigenvalue weighted by Crippen LogP contribution is 2.27. The number of carbonyl (C=O) groups excluding carboxylic acids is 1. The lowest BCUT2D eigenvalue weighted by molar-refractivity contribution is -0.148. The monoisotopic (exact) mass is 353 g/mol. The first-order chi connectivity index (χ1) is 10.0. The normalized spacial score (nSPS) is 17.8. The van der Waals surface area contributed by atoms with E-state index in [4.69, 9.17) is 0 Å². The van der Waals surface area contributed by atoms with Crippen molar-refractivity contribution in [2.45, 2.75) is 50.5 Å². The van der Waals surface area contributed by atoms with E-state index in [9.17, 15) is 14.7 Å². The maximum atomic E-state index is 12.2. The zero-order chi connectivity index (χ0) is 15.3. The number of aliphatic carboxylic acids is 1. The average Bonchev–Trinajstić information content (AvgIpc) is 2.65. The number of nitrogens with one attached hydrogen (secondary N) is 1. The third kappa shape index (κ3) is 4.30. The number of hydrogen-bond acceptors (Lipinski definition) is 2. The number of benzene rings is 1. The van der Waals surface area contributed by atoms with Gasteiger partial charge in [0.2, 0.25) is 5.91 Å². The fourth-order valence-corrected chi connectivity index (χ4v) is 3.31. The van der Waals surface area contributed by atoms with Crippen LogP contribution < -0.4 is 5.32 Å². The summed E-state index contributed by atoms with van der Waals surface area (Å²) in [5.74, 6) is -1.13. The highest BCUT2D eigenvalue weighted by Gasteiger charge is 2.39. The molecule has 1 aliphatic carbocycles. The van der Waals surface area contributed by atoms with Crippen molar-refractivity contribution in [1.82, 2.24) is 5.32 Å². The molecule has 5 heteroatoms. The quantitative estimate of drug-likeness (QED) is 0.816. The fourth-order valence-electron chi connectivity index (χ4n) is 2.87. The van der Waals surface area contributed by atoms with Gasteiger partial charge in [0.15, 0.2) is 0 Å². The minimum absolute atomic E-state index is 0.203. The van der Waals surface area contributed by atoms with Crippen molar-refractivity contribution in [1.29, 1.82) is 0 Å². The van der Waals surface area contributed by atoms with Gasteiger partial charge in [-0.05, 0) is 30.5 Å². The molecule has 1 aliphatic rings. The molecular formula is C16H20BrNO3. The third-order valence-corrected chi connectivity index (χ3v) is 4.49. The van der Waals surface area contributed by atoms with Gasteiger partial charge in [-0.1, -0.05) is 53.7 Å². The Kier molecular flexibility index (Phi) is 5.39. The lowest BCUT2D eigenvalue weighted by atomic mass is 9.90. The highest BCUT2D eigenvalue weighted by atomic mass is 79.9. The van der Waals surface area contributed by atoms with Gasteiger partial charge in [0.1, 0.15) is 5.54 Å². The van der Waals surface area contributed by atoms with Crippen molar-refractivity contribution >= 4 is 27.8 Å². The Morgan fingerprint density at radius 2 is 1.86 bits per heavy atom. The maximum absolute atomic E-state index is 12.2. The molecule has 1 fully saturated rings. The van der Waals surface area contributed by atoms with E-state index < -0.39 is 11.5 Å². The minimum atomic E-state index is -1.08. The van der Waals surface area contributed by atoms with Crippen LogP contribution >= 0.6 is 15.9 Å². The van der Waals surface area contributed by atoms with Gasteiger partial charge in [0.05, 0.1) is 6.42 Å². The summed E-state index contributed by atoms with van der Waals surface area (Å²) in [4.78, 5) is 23.9. The minimum Gasteiger partial charge on any atom is -0.480 e. The van der Waals surface area contributed by atoms with Crippen LogP contribution in [0.2, 0.25) is 0 Å². The Labute approximate surface area is 133 Å². The van der Waals surface area contributed by atoms with Gasteiger partial charge in [-0.2, -0.15) is 0 Å². The molecule has 0 bridgehead atoms. The predicted molar refractivity (Wildman–Crippen MR) is 84.1 cm³/mol. The number of carbonyl (C=O) groups is 2. The molecule has 0 aromatic heterocycles. The molecule has 114 valence electrons. The largest absolute Gasteiger partial charge is 0.480 e. The van der Waals surface area contributed by atoms with Gasteiger partial charge < -0.3 is 10.4 Å². The molecule has 0 unspecified atom stereocenters. The maximum Gasteiger partial charge on any atom is 0.329 e. The van der Waals surface area contributed by atoms with Gasteiger partial charge in [0, 0.05) is 4.47 Å². The number of carboxylic acids is 1. The van der Waals surface area contributed by atoms with Crippen molar-refractivity contribution in [3.63, 3.8) is 0 Å². The van der Waals surface area contributed by atoms with Gasteiger partial charge in [-0.25, -0.2) is 4.79 Å². The Bertz CT molecular complexity index is 522. The summed E-state index contributed by atoms with van der Waals surface area (Å²) in [6, 6.07) is 7.50. The van der Waals surface area contributed by atoms with E-state index >= 15 is 0 Å². The molecule has 1 aromatic carbocycles. The summed E-state index contributed by atoms with van der Waals surface area (Å²) in [5, 5.41) is 12.3. The molecule has 21 heavy (non-hydrogen) atoms. The van der Waals surface area contributed by atoms with Crippen molar-refractivity contribution in [2.75, 3.05) is 0 Å². The van der Waals surface area contributed by atoms with Crippen molar-refractivity contribution < 1.29 is 14.7 Å². The summed E-state index contributed by atoms with van der Waals surface area (Å²) in [5.41, 5.74) is -0.212. The van der Waals surface area contributed by atoms with Crippen molar-refractivity contribution in [2.24, 2.45) is 0 Å². The van der Waals surface area contributed by atoms with Gasteiger partial charge in [0.25, 0.3) is 0 Å². The zero-order valence-corrected chi connectivity index (χ0v) is 13.5. The second-order valence-corrected chi connectivity index (χ2v) is 6.57. The summed E-state index contributed by atoms with van der Waals surface area (Å²) < 4.78 is 0.912. The second-order valence-electron chi connectivity index (χ2n) is 5.66. The summed E-state index contributed by atoms with van der Waals surface area (Å²) in [7, 11) is 0. The Hall–Kier alpha value is -1.36. The van der Waals surface area contributed by atoms with Crippen LogP contribution in [0, 0.1) is 0 Å². The van der Waals surface area contributed by atoms with Crippen LogP contribution in [0.1, 0.15) is 44.1 Å². The lowest BCUT2D eigenvalue weighted by Gasteiger charge is -2.29. The molecule has 1 aromatic rings. The zero-order valence-electron chi connectivity index (χ0n) is 11.9. The van der Waals surface area contributed by atoms with E-state index in [-0.39, 0.29) is 12.3 Å². The van der Waals surface area contributed by atoms with Crippen LogP contribution in [0.4, 0.5) is 0 Å². The van der Waals surface area contributed by atoms with E-state index in [1.165, 1.54) is 0 Å². The summed E-state index contributed by atoms with van der Waals surface area (Å²) >= 11 is 3.37. The van der Waals surface area contributed by atoms with E-state index in [2.05, 4.69) is 21.2 Å². The fraction of sp³-hybridized carbons (Fsp3) is 0.500. The number of amides is 1. The molecule has 4 nitrogen and oxygen atoms in total. The van der Waals surface area contributed by atoms with Gasteiger partial charge >= 0.3 is 5.97 Å². The second kappa shape index (κ2) is 7.07. The van der Waals surface area contributed by atoms with Crippen LogP contribution in [0.5, 0.6) is 0 Å². The first-order valence-corrected chi connectivity index (χ1v) is 8.10. The molecule has 0 spiro atoms.